The molecule has 5 heteroatoms. The molecule has 130 valence electrons. The number of benzene rings is 1. The van der Waals surface area contributed by atoms with Crippen LogP contribution in [0.1, 0.15) is 19.3 Å². The number of pyridine rings is 1. The van der Waals surface area contributed by atoms with Gasteiger partial charge >= 0.3 is 0 Å². The van der Waals surface area contributed by atoms with E-state index < -0.39 is 0 Å². The van der Waals surface area contributed by atoms with Gasteiger partial charge in [-0.3, -0.25) is 4.79 Å². The zero-order valence-electron chi connectivity index (χ0n) is 14.5. The fourth-order valence-electron chi connectivity index (χ4n) is 3.44. The number of halogens is 1. The Morgan fingerprint density at radius 3 is 2.76 bits per heavy atom. The molecule has 4 rings (SSSR count). The Balaban J connectivity index is 1.91. The summed E-state index contributed by atoms with van der Waals surface area (Å²) in [5, 5.41) is 1.54. The summed E-state index contributed by atoms with van der Waals surface area (Å²) in [6, 6.07) is 10.5. The van der Waals surface area contributed by atoms with Gasteiger partial charge in [0.25, 0.3) is 5.56 Å². The Morgan fingerprint density at radius 1 is 1.28 bits per heavy atom. The summed E-state index contributed by atoms with van der Waals surface area (Å²) in [5.41, 5.74) is 3.23. The minimum absolute atomic E-state index is 0.157. The molecule has 0 amide bonds. The molecule has 0 spiro atoms. The van der Waals surface area contributed by atoms with Crippen molar-refractivity contribution >= 4 is 34.3 Å². The van der Waals surface area contributed by atoms with Crippen LogP contribution in [-0.4, -0.2) is 15.4 Å². The van der Waals surface area contributed by atoms with Crippen LogP contribution in [0.2, 0.25) is 5.02 Å². The molecule has 0 bridgehead atoms. The molecule has 1 aliphatic rings. The Morgan fingerprint density at radius 2 is 2.08 bits per heavy atom. The third-order valence-electron chi connectivity index (χ3n) is 5.02. The van der Waals surface area contributed by atoms with Crippen LogP contribution in [0.3, 0.4) is 0 Å². The van der Waals surface area contributed by atoms with Crippen molar-refractivity contribution < 1.29 is 0 Å². The van der Waals surface area contributed by atoms with E-state index in [1.165, 1.54) is 35.1 Å². The first-order valence-electron chi connectivity index (χ1n) is 8.61. The number of hydrogen-bond donors (Lipinski definition) is 0. The van der Waals surface area contributed by atoms with E-state index in [0.29, 0.717) is 0 Å². The highest BCUT2D eigenvalue weighted by Crippen LogP contribution is 2.37. The summed E-state index contributed by atoms with van der Waals surface area (Å²) in [4.78, 5) is 13.2. The van der Waals surface area contributed by atoms with Gasteiger partial charge in [-0.05, 0) is 42.9 Å². The molecular formula is C20H21ClN2OS. The Kier molecular flexibility index (Phi) is 4.42. The van der Waals surface area contributed by atoms with Crippen LogP contribution in [0, 0.1) is 5.92 Å². The summed E-state index contributed by atoms with van der Waals surface area (Å²) in [6.45, 7) is 1.00. The lowest BCUT2D eigenvalue weighted by Gasteiger charge is -2.12. The number of rotatable bonds is 5. The van der Waals surface area contributed by atoms with Crippen molar-refractivity contribution in [3.05, 3.63) is 51.9 Å². The molecule has 1 aliphatic carbocycles. The summed E-state index contributed by atoms with van der Waals surface area (Å²) >= 11 is 7.94. The highest BCUT2D eigenvalue weighted by molar-refractivity contribution is 7.98. The van der Waals surface area contributed by atoms with Gasteiger partial charge in [0.1, 0.15) is 5.02 Å². The monoisotopic (exact) mass is 372 g/mol. The molecule has 2 aromatic heterocycles. The van der Waals surface area contributed by atoms with Gasteiger partial charge in [0.15, 0.2) is 0 Å². The molecule has 0 radical (unpaired) electrons. The highest BCUT2D eigenvalue weighted by atomic mass is 35.5. The lowest BCUT2D eigenvalue weighted by Crippen LogP contribution is -2.16. The van der Waals surface area contributed by atoms with Crippen LogP contribution in [-0.2, 0) is 13.6 Å². The molecule has 0 N–H and O–H groups in total. The van der Waals surface area contributed by atoms with Crippen molar-refractivity contribution in [1.29, 1.82) is 0 Å². The van der Waals surface area contributed by atoms with Crippen molar-refractivity contribution in [3.63, 3.8) is 0 Å². The minimum Gasteiger partial charge on any atom is -0.340 e. The molecule has 1 saturated carbocycles. The van der Waals surface area contributed by atoms with E-state index >= 15 is 0 Å². The van der Waals surface area contributed by atoms with E-state index in [2.05, 4.69) is 35.1 Å². The Labute approximate surface area is 156 Å². The summed E-state index contributed by atoms with van der Waals surface area (Å²) in [6.07, 6.45) is 7.92. The van der Waals surface area contributed by atoms with Gasteiger partial charge in [-0.1, -0.05) is 30.5 Å². The molecule has 0 atom stereocenters. The van der Waals surface area contributed by atoms with Gasteiger partial charge in [-0.2, -0.15) is 0 Å². The zero-order valence-corrected chi connectivity index (χ0v) is 16.0. The smallest absolute Gasteiger partial charge is 0.269 e. The van der Waals surface area contributed by atoms with Gasteiger partial charge in [-0.15, -0.1) is 11.8 Å². The van der Waals surface area contributed by atoms with Gasteiger partial charge in [0.05, 0.1) is 5.69 Å². The van der Waals surface area contributed by atoms with Gasteiger partial charge < -0.3 is 9.13 Å². The first kappa shape index (κ1) is 16.8. The number of aromatic nitrogens is 2. The fourth-order valence-corrected chi connectivity index (χ4v) is 4.29. The van der Waals surface area contributed by atoms with Crippen LogP contribution < -0.4 is 5.56 Å². The van der Waals surface area contributed by atoms with Crippen molar-refractivity contribution in [1.82, 2.24) is 9.13 Å². The van der Waals surface area contributed by atoms with Gasteiger partial charge in [-0.25, -0.2) is 0 Å². The largest absolute Gasteiger partial charge is 0.340 e. The van der Waals surface area contributed by atoms with Crippen LogP contribution in [0.25, 0.3) is 22.2 Å². The second-order valence-corrected chi connectivity index (χ2v) is 8.05. The molecular weight excluding hydrogens is 352 g/mol. The minimum atomic E-state index is -0.157. The van der Waals surface area contributed by atoms with E-state index in [1.807, 2.05) is 6.20 Å². The molecule has 1 fully saturated rings. The average molecular weight is 373 g/mol. The molecule has 2 heterocycles. The third kappa shape index (κ3) is 3.13. The predicted octanol–water partition coefficient (Wildman–Crippen LogP) is 5.18. The van der Waals surface area contributed by atoms with Crippen LogP contribution in [0.5, 0.6) is 0 Å². The van der Waals surface area contributed by atoms with Crippen molar-refractivity contribution in [2.45, 2.75) is 30.7 Å². The van der Waals surface area contributed by atoms with E-state index in [4.69, 9.17) is 11.6 Å². The lowest BCUT2D eigenvalue weighted by molar-refractivity contribution is 0.614. The number of aryl methyl sites for hydroxylation is 2. The van der Waals surface area contributed by atoms with Crippen LogP contribution >= 0.6 is 23.4 Å². The summed E-state index contributed by atoms with van der Waals surface area (Å²) in [5.74, 6) is 0.873. The predicted molar refractivity (Wildman–Crippen MR) is 107 cm³/mol. The second kappa shape index (κ2) is 6.58. The quantitative estimate of drug-likeness (QED) is 0.577. The molecule has 0 unspecified atom stereocenters. The third-order valence-corrected chi connectivity index (χ3v) is 6.09. The zero-order chi connectivity index (χ0) is 17.6. The maximum Gasteiger partial charge on any atom is 0.269 e. The van der Waals surface area contributed by atoms with Crippen LogP contribution in [0.4, 0.5) is 0 Å². The first-order valence-corrected chi connectivity index (χ1v) is 10.2. The lowest BCUT2D eigenvalue weighted by atomic mass is 10.2. The Bertz CT molecular complexity index is 975. The van der Waals surface area contributed by atoms with Gasteiger partial charge in [0.2, 0.25) is 0 Å². The standard InChI is InChI=1S/C20H21ClN2OS/c1-22-12-14(10-16(21)20(22)24)18-11-15-17(4-3-5-19(15)25-2)23(18)9-8-13-6-7-13/h3-5,10-13H,6-9H2,1-2H3. The van der Waals surface area contributed by atoms with E-state index in [0.717, 1.165) is 23.7 Å². The molecule has 3 aromatic rings. The molecule has 3 nitrogen and oxygen atoms in total. The molecule has 0 saturated heterocycles. The second-order valence-electron chi connectivity index (χ2n) is 6.80. The van der Waals surface area contributed by atoms with E-state index in [1.54, 1.807) is 29.4 Å². The number of hydrogen-bond acceptors (Lipinski definition) is 2. The van der Waals surface area contributed by atoms with E-state index in [9.17, 15) is 4.79 Å². The maximum atomic E-state index is 12.0. The molecule has 0 aliphatic heterocycles. The summed E-state index contributed by atoms with van der Waals surface area (Å²) in [7, 11) is 1.75. The number of thioether (sulfide) groups is 1. The van der Waals surface area contributed by atoms with Crippen LogP contribution in [0.15, 0.2) is 46.2 Å². The molecule has 25 heavy (non-hydrogen) atoms. The number of fused-ring (bicyclic) bond motifs is 1. The van der Waals surface area contributed by atoms with E-state index in [-0.39, 0.29) is 10.6 Å². The number of nitrogens with zero attached hydrogens (tertiary/aromatic N) is 2. The topological polar surface area (TPSA) is 26.9 Å². The van der Waals surface area contributed by atoms with Crippen molar-refractivity contribution in [3.8, 4) is 11.3 Å². The highest BCUT2D eigenvalue weighted by Gasteiger charge is 2.22. The Hall–Kier alpha value is -1.65. The van der Waals surface area contributed by atoms with Gasteiger partial charge in [0, 0.05) is 41.2 Å². The fraction of sp³-hybridized carbons (Fsp3) is 0.350. The molecule has 1 aromatic carbocycles. The summed E-state index contributed by atoms with van der Waals surface area (Å²) < 4.78 is 3.96. The van der Waals surface area contributed by atoms with Crippen molar-refractivity contribution in [2.75, 3.05) is 6.26 Å². The normalized spacial score (nSPS) is 14.4. The first-order chi connectivity index (χ1) is 12.1. The maximum absolute atomic E-state index is 12.0. The SMILES string of the molecule is CSc1cccc2c1cc(-c1cc(Cl)c(=O)n(C)c1)n2CCC1CC1. The average Bonchev–Trinajstić information content (AvgIpc) is 3.36. The van der Waals surface area contributed by atoms with Crippen molar-refractivity contribution in [2.24, 2.45) is 13.0 Å².